The van der Waals surface area contributed by atoms with Crippen molar-refractivity contribution in [1.82, 2.24) is 15.1 Å². The number of hydrogen-bond donors (Lipinski definition) is 1. The van der Waals surface area contributed by atoms with Crippen LogP contribution >= 0.6 is 23.2 Å². The fourth-order valence-corrected chi connectivity index (χ4v) is 4.05. The molecule has 7 nitrogen and oxygen atoms in total. The number of hydrogen-bond acceptors (Lipinski definition) is 4. The molecule has 3 amide bonds. The number of nitrogens with zero attached hydrogens (tertiary/aromatic N) is 2. The fraction of sp³-hybridized carbons (Fsp3) is 0.375. The molecule has 0 spiro atoms. The number of piperazine rings is 1. The first-order valence-electron chi connectivity index (χ1n) is 10.7. The third-order valence-electron chi connectivity index (χ3n) is 5.64. The van der Waals surface area contributed by atoms with E-state index < -0.39 is 11.9 Å². The van der Waals surface area contributed by atoms with Gasteiger partial charge < -0.3 is 19.9 Å². The van der Waals surface area contributed by atoms with Gasteiger partial charge in [-0.2, -0.15) is 0 Å². The Balaban J connectivity index is 1.46. The first-order chi connectivity index (χ1) is 15.8. The Kier molecular flexibility index (Phi) is 8.58. The van der Waals surface area contributed by atoms with Crippen molar-refractivity contribution in [3.8, 4) is 5.75 Å². The molecule has 176 valence electrons. The molecule has 1 heterocycles. The highest BCUT2D eigenvalue weighted by Crippen LogP contribution is 2.25. The van der Waals surface area contributed by atoms with E-state index in [1.54, 1.807) is 42.0 Å². The number of methoxy groups -OCH3 is 1. The van der Waals surface area contributed by atoms with Gasteiger partial charge in [0.15, 0.2) is 0 Å². The molecule has 1 fully saturated rings. The van der Waals surface area contributed by atoms with Crippen molar-refractivity contribution >= 4 is 40.9 Å². The summed E-state index contributed by atoms with van der Waals surface area (Å²) in [7, 11) is 1.62. The normalized spacial score (nSPS) is 14.5. The van der Waals surface area contributed by atoms with Crippen molar-refractivity contribution in [2.24, 2.45) is 0 Å². The fourth-order valence-electron chi connectivity index (χ4n) is 3.67. The molecule has 0 bridgehead atoms. The molecule has 3 rings (SSSR count). The summed E-state index contributed by atoms with van der Waals surface area (Å²) in [6.45, 7) is 3.41. The van der Waals surface area contributed by atoms with Gasteiger partial charge in [0.1, 0.15) is 11.8 Å². The molecule has 0 aliphatic carbocycles. The second-order valence-electron chi connectivity index (χ2n) is 7.85. The number of carbonyl (C=O) groups is 3. The summed E-state index contributed by atoms with van der Waals surface area (Å²) in [5.74, 6) is 0.185. The van der Waals surface area contributed by atoms with Crippen molar-refractivity contribution in [3.63, 3.8) is 0 Å². The summed E-state index contributed by atoms with van der Waals surface area (Å²) < 4.78 is 5.15. The molecule has 9 heteroatoms. The van der Waals surface area contributed by atoms with E-state index in [-0.39, 0.29) is 27.4 Å². The third kappa shape index (κ3) is 6.39. The van der Waals surface area contributed by atoms with Crippen molar-refractivity contribution in [3.05, 3.63) is 63.6 Å². The number of halogens is 2. The molecule has 2 aromatic carbocycles. The summed E-state index contributed by atoms with van der Waals surface area (Å²) in [5, 5.41) is 3.10. The number of amides is 3. The Labute approximate surface area is 203 Å². The van der Waals surface area contributed by atoms with Crippen LogP contribution in [0.5, 0.6) is 5.75 Å². The minimum atomic E-state index is -0.732. The smallest absolute Gasteiger partial charge is 0.253 e. The lowest BCUT2D eigenvalue weighted by molar-refractivity contribution is -0.140. The topological polar surface area (TPSA) is 79.0 Å². The van der Waals surface area contributed by atoms with Gasteiger partial charge in [-0.15, -0.1) is 0 Å². The molecule has 1 atom stereocenters. The molecular weight excluding hydrogens is 465 g/mol. The van der Waals surface area contributed by atoms with E-state index in [9.17, 15) is 14.4 Å². The minimum Gasteiger partial charge on any atom is -0.497 e. The highest BCUT2D eigenvalue weighted by molar-refractivity contribution is 6.43. The predicted octanol–water partition coefficient (Wildman–Crippen LogP) is 3.42. The van der Waals surface area contributed by atoms with Crippen LogP contribution in [-0.4, -0.2) is 66.9 Å². The van der Waals surface area contributed by atoms with E-state index >= 15 is 0 Å². The maximum atomic E-state index is 12.8. The van der Waals surface area contributed by atoms with Crippen LogP contribution in [0.2, 0.25) is 10.0 Å². The molecule has 0 radical (unpaired) electrons. The van der Waals surface area contributed by atoms with E-state index in [4.69, 9.17) is 27.9 Å². The van der Waals surface area contributed by atoms with Gasteiger partial charge in [-0.1, -0.05) is 41.4 Å². The van der Waals surface area contributed by atoms with E-state index in [1.165, 1.54) is 0 Å². The molecule has 33 heavy (non-hydrogen) atoms. The first kappa shape index (κ1) is 24.9. The predicted molar refractivity (Wildman–Crippen MR) is 128 cm³/mol. The largest absolute Gasteiger partial charge is 0.497 e. The molecule has 2 aromatic rings. The van der Waals surface area contributed by atoms with Crippen LogP contribution < -0.4 is 10.1 Å². The van der Waals surface area contributed by atoms with E-state index in [1.807, 2.05) is 24.3 Å². The zero-order valence-corrected chi connectivity index (χ0v) is 20.2. The molecule has 0 aromatic heterocycles. The Morgan fingerprint density at radius 1 is 1.00 bits per heavy atom. The zero-order valence-electron chi connectivity index (χ0n) is 18.6. The zero-order chi connectivity index (χ0) is 24.0. The van der Waals surface area contributed by atoms with Crippen molar-refractivity contribution < 1.29 is 19.1 Å². The number of carbonyl (C=O) groups excluding carboxylic acids is 3. The third-order valence-corrected chi connectivity index (χ3v) is 6.46. The van der Waals surface area contributed by atoms with E-state index in [0.29, 0.717) is 39.0 Å². The summed E-state index contributed by atoms with van der Waals surface area (Å²) in [5.41, 5.74) is 1.29. The van der Waals surface area contributed by atoms with Gasteiger partial charge in [0.05, 0.1) is 22.7 Å². The van der Waals surface area contributed by atoms with Crippen LogP contribution in [0.4, 0.5) is 0 Å². The Bertz CT molecular complexity index is 1010. The van der Waals surface area contributed by atoms with Gasteiger partial charge >= 0.3 is 0 Å². The van der Waals surface area contributed by atoms with Crippen LogP contribution in [0, 0.1) is 0 Å². The average Bonchev–Trinajstić information content (AvgIpc) is 2.84. The van der Waals surface area contributed by atoms with Gasteiger partial charge in [0.25, 0.3) is 5.91 Å². The van der Waals surface area contributed by atoms with Crippen molar-refractivity contribution in [2.45, 2.75) is 25.8 Å². The minimum absolute atomic E-state index is 0.0647. The summed E-state index contributed by atoms with van der Waals surface area (Å²) >= 11 is 12.1. The monoisotopic (exact) mass is 491 g/mol. The van der Waals surface area contributed by atoms with Crippen LogP contribution in [0.3, 0.4) is 0 Å². The van der Waals surface area contributed by atoms with Gasteiger partial charge in [0.2, 0.25) is 11.8 Å². The molecular formula is C24H27Cl2N3O4. The molecule has 1 saturated heterocycles. The second kappa shape index (κ2) is 11.4. The second-order valence-corrected chi connectivity index (χ2v) is 8.64. The maximum absolute atomic E-state index is 12.8. The van der Waals surface area contributed by atoms with Crippen LogP contribution in [0.25, 0.3) is 0 Å². The summed E-state index contributed by atoms with van der Waals surface area (Å²) in [6, 6.07) is 11.7. The highest BCUT2D eigenvalue weighted by Gasteiger charge is 2.28. The SMILES string of the molecule is COc1ccc(CCC(=O)N2CCN(C(=O)C(C)NC(=O)c3cccc(Cl)c3Cl)CC2)cc1. The van der Waals surface area contributed by atoms with Crippen molar-refractivity contribution in [1.29, 1.82) is 0 Å². The van der Waals surface area contributed by atoms with Crippen LogP contribution in [-0.2, 0) is 16.0 Å². The number of rotatable bonds is 7. The van der Waals surface area contributed by atoms with Gasteiger partial charge in [-0.3, -0.25) is 14.4 Å². The van der Waals surface area contributed by atoms with Gasteiger partial charge in [-0.05, 0) is 43.2 Å². The van der Waals surface area contributed by atoms with Gasteiger partial charge in [0, 0.05) is 32.6 Å². The van der Waals surface area contributed by atoms with Crippen molar-refractivity contribution in [2.75, 3.05) is 33.3 Å². The molecule has 1 aliphatic heterocycles. The molecule has 0 saturated carbocycles. The maximum Gasteiger partial charge on any atom is 0.253 e. The molecule has 1 aliphatic rings. The standard InChI is InChI=1S/C24H27Cl2N3O4/c1-16(27-23(31)19-4-3-5-20(25)22(19)26)24(32)29-14-12-28(13-15-29)21(30)11-8-17-6-9-18(33-2)10-7-17/h3-7,9-10,16H,8,11-15H2,1-2H3,(H,27,31). The number of aryl methyl sites for hydroxylation is 1. The lowest BCUT2D eigenvalue weighted by Crippen LogP contribution is -2.55. The number of nitrogens with one attached hydrogen (secondary N) is 1. The average molecular weight is 492 g/mol. The van der Waals surface area contributed by atoms with Crippen LogP contribution in [0.15, 0.2) is 42.5 Å². The van der Waals surface area contributed by atoms with Crippen LogP contribution in [0.1, 0.15) is 29.3 Å². The lowest BCUT2D eigenvalue weighted by atomic mass is 10.1. The highest BCUT2D eigenvalue weighted by atomic mass is 35.5. The summed E-state index contributed by atoms with van der Waals surface area (Å²) in [6.07, 6.45) is 1.06. The Hall–Kier alpha value is -2.77. The number of ether oxygens (including phenoxy) is 1. The molecule has 1 N–H and O–H groups in total. The Morgan fingerprint density at radius 3 is 2.27 bits per heavy atom. The number of benzene rings is 2. The van der Waals surface area contributed by atoms with E-state index in [2.05, 4.69) is 5.32 Å². The van der Waals surface area contributed by atoms with E-state index in [0.717, 1.165) is 11.3 Å². The summed E-state index contributed by atoms with van der Waals surface area (Å²) in [4.78, 5) is 41.3. The first-order valence-corrected chi connectivity index (χ1v) is 11.5. The van der Waals surface area contributed by atoms with Gasteiger partial charge in [-0.25, -0.2) is 0 Å². The lowest BCUT2D eigenvalue weighted by Gasteiger charge is -2.36. The Morgan fingerprint density at radius 2 is 1.64 bits per heavy atom. The molecule has 1 unspecified atom stereocenters. The quantitative estimate of drug-likeness (QED) is 0.643.